The summed E-state index contributed by atoms with van der Waals surface area (Å²) in [4.78, 5) is 11.9. The van der Waals surface area contributed by atoms with Crippen molar-refractivity contribution in [2.24, 2.45) is 5.73 Å². The first kappa shape index (κ1) is 15.3. The number of phenols is 1. The summed E-state index contributed by atoms with van der Waals surface area (Å²) in [6.45, 7) is 1.98. The molecule has 0 saturated carbocycles. The number of carbonyl (C=O) groups excluding carboxylic acids is 1. The quantitative estimate of drug-likeness (QED) is 0.717. The molecule has 0 fully saturated rings. The molecule has 1 amide bonds. The van der Waals surface area contributed by atoms with E-state index < -0.39 is 0 Å². The highest BCUT2D eigenvalue weighted by molar-refractivity contribution is 8.00. The Balaban J connectivity index is 2.15. The third-order valence-corrected chi connectivity index (χ3v) is 4.13. The van der Waals surface area contributed by atoms with Gasteiger partial charge in [0.05, 0.1) is 11.8 Å². The number of primary amides is 1. The van der Waals surface area contributed by atoms with Crippen molar-refractivity contribution in [1.82, 2.24) is 0 Å². The summed E-state index contributed by atoms with van der Waals surface area (Å²) >= 11 is 1.40. The lowest BCUT2D eigenvalue weighted by molar-refractivity contribution is -0.115. The Morgan fingerprint density at radius 2 is 1.90 bits per heavy atom. The summed E-state index contributed by atoms with van der Waals surface area (Å²) in [5.74, 6) is 0.159. The SMILES string of the molecule is CC(Nc1ccccc1SCC(N)=O)c1ccccc1O. The van der Waals surface area contributed by atoms with Gasteiger partial charge in [0.15, 0.2) is 0 Å². The maximum atomic E-state index is 10.9. The molecule has 0 heterocycles. The van der Waals surface area contributed by atoms with Gasteiger partial charge in [0, 0.05) is 16.1 Å². The van der Waals surface area contributed by atoms with Crippen LogP contribution in [-0.4, -0.2) is 16.8 Å². The number of benzene rings is 2. The molecular formula is C16H18N2O2S. The number of anilines is 1. The van der Waals surface area contributed by atoms with Gasteiger partial charge in [-0.3, -0.25) is 4.79 Å². The van der Waals surface area contributed by atoms with Crippen molar-refractivity contribution in [3.8, 4) is 5.75 Å². The number of nitrogens with two attached hydrogens (primary N) is 1. The van der Waals surface area contributed by atoms with E-state index in [1.165, 1.54) is 11.8 Å². The van der Waals surface area contributed by atoms with Crippen molar-refractivity contribution < 1.29 is 9.90 Å². The van der Waals surface area contributed by atoms with Gasteiger partial charge in [-0.15, -0.1) is 11.8 Å². The molecule has 0 aromatic heterocycles. The van der Waals surface area contributed by atoms with Crippen LogP contribution in [0.15, 0.2) is 53.4 Å². The second kappa shape index (κ2) is 7.04. The van der Waals surface area contributed by atoms with Crippen LogP contribution in [0.5, 0.6) is 5.75 Å². The summed E-state index contributed by atoms with van der Waals surface area (Å²) < 4.78 is 0. The smallest absolute Gasteiger partial charge is 0.227 e. The number of hydrogen-bond acceptors (Lipinski definition) is 4. The van der Waals surface area contributed by atoms with Gasteiger partial charge in [-0.05, 0) is 25.1 Å². The second-order valence-electron chi connectivity index (χ2n) is 4.68. The lowest BCUT2D eigenvalue weighted by Gasteiger charge is -2.19. The van der Waals surface area contributed by atoms with Crippen molar-refractivity contribution in [2.75, 3.05) is 11.1 Å². The number of nitrogens with one attached hydrogen (secondary N) is 1. The number of aromatic hydroxyl groups is 1. The molecule has 0 aliphatic carbocycles. The number of thioether (sulfide) groups is 1. The highest BCUT2D eigenvalue weighted by Gasteiger charge is 2.12. The second-order valence-corrected chi connectivity index (χ2v) is 5.69. The topological polar surface area (TPSA) is 75.3 Å². The van der Waals surface area contributed by atoms with Crippen molar-refractivity contribution in [3.05, 3.63) is 54.1 Å². The average Bonchev–Trinajstić information content (AvgIpc) is 2.46. The van der Waals surface area contributed by atoms with Crippen molar-refractivity contribution in [3.63, 3.8) is 0 Å². The molecule has 4 N–H and O–H groups in total. The Labute approximate surface area is 128 Å². The van der Waals surface area contributed by atoms with Gasteiger partial charge < -0.3 is 16.2 Å². The van der Waals surface area contributed by atoms with Crippen LogP contribution in [0.3, 0.4) is 0 Å². The van der Waals surface area contributed by atoms with Crippen LogP contribution in [0.1, 0.15) is 18.5 Å². The zero-order valence-corrected chi connectivity index (χ0v) is 12.6. The van der Waals surface area contributed by atoms with Crippen molar-refractivity contribution >= 4 is 23.4 Å². The van der Waals surface area contributed by atoms with E-state index in [0.717, 1.165) is 16.1 Å². The third-order valence-electron chi connectivity index (χ3n) is 3.03. The minimum absolute atomic E-state index is 0.0541. The van der Waals surface area contributed by atoms with Crippen LogP contribution in [-0.2, 0) is 4.79 Å². The number of rotatable bonds is 6. The van der Waals surface area contributed by atoms with Gasteiger partial charge in [0.1, 0.15) is 5.75 Å². The first-order valence-corrected chi connectivity index (χ1v) is 7.61. The highest BCUT2D eigenvalue weighted by atomic mass is 32.2. The Kier molecular flexibility index (Phi) is 5.11. The molecule has 0 aliphatic heterocycles. The Hall–Kier alpha value is -2.14. The molecule has 0 spiro atoms. The van der Waals surface area contributed by atoms with Gasteiger partial charge in [-0.2, -0.15) is 0 Å². The zero-order valence-electron chi connectivity index (χ0n) is 11.7. The maximum absolute atomic E-state index is 10.9. The molecule has 2 aromatic rings. The predicted molar refractivity (Wildman–Crippen MR) is 86.5 cm³/mol. The summed E-state index contributed by atoms with van der Waals surface area (Å²) in [5, 5.41) is 13.3. The highest BCUT2D eigenvalue weighted by Crippen LogP contribution is 2.31. The summed E-state index contributed by atoms with van der Waals surface area (Å²) in [5.41, 5.74) is 6.93. The normalized spacial score (nSPS) is 11.9. The zero-order chi connectivity index (χ0) is 15.2. The molecule has 0 radical (unpaired) electrons. The molecule has 110 valence electrons. The molecule has 0 aliphatic rings. The standard InChI is InChI=1S/C16H18N2O2S/c1-11(12-6-2-4-8-14(12)19)18-13-7-3-5-9-15(13)21-10-16(17)20/h2-9,11,18-19H,10H2,1H3,(H2,17,20). The van der Waals surface area contributed by atoms with E-state index in [1.54, 1.807) is 12.1 Å². The van der Waals surface area contributed by atoms with Gasteiger partial charge in [0.25, 0.3) is 0 Å². The monoisotopic (exact) mass is 302 g/mol. The Morgan fingerprint density at radius 1 is 1.24 bits per heavy atom. The van der Waals surface area contributed by atoms with Crippen LogP contribution in [0, 0.1) is 0 Å². The molecular weight excluding hydrogens is 284 g/mol. The fourth-order valence-electron chi connectivity index (χ4n) is 2.03. The molecule has 2 rings (SSSR count). The molecule has 0 bridgehead atoms. The Bertz CT molecular complexity index is 631. The van der Waals surface area contributed by atoms with Gasteiger partial charge in [-0.25, -0.2) is 0 Å². The predicted octanol–water partition coefficient (Wildman–Crippen LogP) is 3.14. The van der Waals surface area contributed by atoms with E-state index in [2.05, 4.69) is 5.32 Å². The van der Waals surface area contributed by atoms with E-state index in [4.69, 9.17) is 5.73 Å². The number of phenolic OH excluding ortho intramolecular Hbond substituents is 1. The van der Waals surface area contributed by atoms with E-state index in [1.807, 2.05) is 43.3 Å². The van der Waals surface area contributed by atoms with Crippen LogP contribution in [0.25, 0.3) is 0 Å². The number of hydrogen-bond donors (Lipinski definition) is 3. The van der Waals surface area contributed by atoms with Crippen molar-refractivity contribution in [2.45, 2.75) is 17.9 Å². The minimum atomic E-state index is -0.344. The van der Waals surface area contributed by atoms with Gasteiger partial charge >= 0.3 is 0 Å². The van der Waals surface area contributed by atoms with Gasteiger partial charge in [0.2, 0.25) is 5.91 Å². The average molecular weight is 302 g/mol. The van der Waals surface area contributed by atoms with Crippen LogP contribution in [0.4, 0.5) is 5.69 Å². The minimum Gasteiger partial charge on any atom is -0.508 e. The molecule has 1 atom stereocenters. The first-order chi connectivity index (χ1) is 10.1. The lowest BCUT2D eigenvalue weighted by atomic mass is 10.1. The van der Waals surface area contributed by atoms with E-state index in [-0.39, 0.29) is 23.5 Å². The molecule has 2 aromatic carbocycles. The number of amides is 1. The molecule has 21 heavy (non-hydrogen) atoms. The molecule has 1 unspecified atom stereocenters. The fraction of sp³-hybridized carbons (Fsp3) is 0.188. The number of para-hydroxylation sites is 2. The summed E-state index contributed by atoms with van der Waals surface area (Å²) in [6, 6.07) is 14.9. The van der Waals surface area contributed by atoms with E-state index in [9.17, 15) is 9.90 Å². The van der Waals surface area contributed by atoms with Crippen LogP contribution >= 0.6 is 11.8 Å². The fourth-order valence-corrected chi connectivity index (χ4v) is 2.78. The summed E-state index contributed by atoms with van der Waals surface area (Å²) in [6.07, 6.45) is 0. The molecule has 5 heteroatoms. The molecule has 0 saturated heterocycles. The maximum Gasteiger partial charge on any atom is 0.227 e. The van der Waals surface area contributed by atoms with Crippen LogP contribution < -0.4 is 11.1 Å². The van der Waals surface area contributed by atoms with E-state index in [0.29, 0.717) is 0 Å². The Morgan fingerprint density at radius 3 is 2.62 bits per heavy atom. The van der Waals surface area contributed by atoms with Crippen LogP contribution in [0.2, 0.25) is 0 Å². The van der Waals surface area contributed by atoms with Gasteiger partial charge in [-0.1, -0.05) is 30.3 Å². The lowest BCUT2D eigenvalue weighted by Crippen LogP contribution is -2.13. The largest absolute Gasteiger partial charge is 0.508 e. The number of carbonyl (C=O) groups is 1. The molecule has 4 nitrogen and oxygen atoms in total. The summed E-state index contributed by atoms with van der Waals surface area (Å²) in [7, 11) is 0. The van der Waals surface area contributed by atoms with Crippen molar-refractivity contribution in [1.29, 1.82) is 0 Å². The third kappa shape index (κ3) is 4.16. The first-order valence-electron chi connectivity index (χ1n) is 6.62. The van der Waals surface area contributed by atoms with E-state index >= 15 is 0 Å².